The Labute approximate surface area is 158 Å². The Morgan fingerprint density at radius 1 is 1.18 bits per heavy atom. The Morgan fingerprint density at radius 3 is 2.50 bits per heavy atom. The number of anilines is 1. The normalized spacial score (nSPS) is 22.5. The molecule has 0 spiro atoms. The third-order valence-electron chi connectivity index (χ3n) is 4.98. The van der Waals surface area contributed by atoms with E-state index >= 15 is 0 Å². The molecule has 0 bridgehead atoms. The highest BCUT2D eigenvalue weighted by molar-refractivity contribution is 5.93. The predicted octanol–water partition coefficient (Wildman–Crippen LogP) is 3.15. The summed E-state index contributed by atoms with van der Waals surface area (Å²) in [6.45, 7) is 1.51. The van der Waals surface area contributed by atoms with Crippen LogP contribution in [0.1, 0.15) is 34.6 Å². The van der Waals surface area contributed by atoms with Crippen molar-refractivity contribution in [3.05, 3.63) is 47.4 Å². The molecule has 0 aliphatic carbocycles. The number of alkyl halides is 3. The van der Waals surface area contributed by atoms with E-state index in [9.17, 15) is 22.4 Å². The number of morpholine rings is 1. The van der Waals surface area contributed by atoms with Gasteiger partial charge in [-0.2, -0.15) is 18.3 Å². The fourth-order valence-corrected chi connectivity index (χ4v) is 3.52. The van der Waals surface area contributed by atoms with E-state index in [1.54, 1.807) is 0 Å². The molecular formula is C18H18F4N4O2. The van der Waals surface area contributed by atoms with Crippen LogP contribution >= 0.6 is 0 Å². The van der Waals surface area contributed by atoms with Crippen molar-refractivity contribution < 1.29 is 27.1 Å². The molecule has 2 atom stereocenters. The molecule has 1 fully saturated rings. The van der Waals surface area contributed by atoms with Crippen LogP contribution in [0.3, 0.4) is 0 Å². The van der Waals surface area contributed by atoms with Gasteiger partial charge in [0.25, 0.3) is 5.91 Å². The van der Waals surface area contributed by atoms with Crippen LogP contribution in [-0.2, 0) is 4.74 Å². The van der Waals surface area contributed by atoms with E-state index in [0.717, 1.165) is 4.68 Å². The number of ether oxygens (including phenoxy) is 1. The smallest absolute Gasteiger partial charge is 0.378 e. The van der Waals surface area contributed by atoms with E-state index in [4.69, 9.17) is 4.74 Å². The first-order chi connectivity index (χ1) is 13.3. The van der Waals surface area contributed by atoms with E-state index in [-0.39, 0.29) is 17.9 Å². The zero-order chi connectivity index (χ0) is 19.9. The Morgan fingerprint density at radius 2 is 1.86 bits per heavy atom. The van der Waals surface area contributed by atoms with E-state index in [1.165, 1.54) is 35.2 Å². The molecule has 3 heterocycles. The van der Waals surface area contributed by atoms with Gasteiger partial charge in [0.2, 0.25) is 0 Å². The summed E-state index contributed by atoms with van der Waals surface area (Å²) in [6, 6.07) is 4.09. The molecule has 1 saturated heterocycles. The van der Waals surface area contributed by atoms with Gasteiger partial charge in [0.15, 0.2) is 11.7 Å². The van der Waals surface area contributed by atoms with E-state index in [2.05, 4.69) is 10.4 Å². The van der Waals surface area contributed by atoms with Gasteiger partial charge in [0.1, 0.15) is 11.6 Å². The number of carbonyl (C=O) groups is 1. The summed E-state index contributed by atoms with van der Waals surface area (Å²) in [5.41, 5.74) is 0.488. The van der Waals surface area contributed by atoms with Gasteiger partial charge in [-0.05, 0) is 17.7 Å². The maximum Gasteiger partial charge on any atom is 0.410 e. The molecule has 150 valence electrons. The lowest BCUT2D eigenvalue weighted by atomic mass is 9.97. The lowest BCUT2D eigenvalue weighted by Crippen LogP contribution is -2.41. The van der Waals surface area contributed by atoms with Crippen molar-refractivity contribution in [2.24, 2.45) is 0 Å². The Hall–Kier alpha value is -2.62. The van der Waals surface area contributed by atoms with Crippen LogP contribution in [0.25, 0.3) is 0 Å². The molecule has 2 aliphatic rings. The van der Waals surface area contributed by atoms with Crippen LogP contribution in [0.4, 0.5) is 23.4 Å². The third-order valence-corrected chi connectivity index (χ3v) is 4.98. The summed E-state index contributed by atoms with van der Waals surface area (Å²) in [5, 5.41) is 6.95. The van der Waals surface area contributed by atoms with Gasteiger partial charge in [-0.1, -0.05) is 12.1 Å². The second-order valence-electron chi connectivity index (χ2n) is 6.81. The van der Waals surface area contributed by atoms with Crippen molar-refractivity contribution in [1.82, 2.24) is 14.7 Å². The number of hydrogen-bond donors (Lipinski definition) is 1. The van der Waals surface area contributed by atoms with Gasteiger partial charge in [0.05, 0.1) is 19.3 Å². The average Bonchev–Trinajstić information content (AvgIpc) is 3.11. The summed E-state index contributed by atoms with van der Waals surface area (Å²) in [5.74, 6) is -0.777. The van der Waals surface area contributed by atoms with E-state index in [0.29, 0.717) is 31.9 Å². The van der Waals surface area contributed by atoms with Crippen LogP contribution in [0, 0.1) is 5.82 Å². The van der Waals surface area contributed by atoms with Gasteiger partial charge in [-0.3, -0.25) is 4.79 Å². The summed E-state index contributed by atoms with van der Waals surface area (Å²) < 4.78 is 60.2. The molecule has 2 aliphatic heterocycles. The Kier molecular flexibility index (Phi) is 4.74. The standard InChI is InChI=1S/C18H18F4N4O2/c19-12-3-1-11(2-4-12)13-9-15(18(20,21)22)26-16(23-13)10-14(24-26)17(27)25-5-7-28-8-6-25/h1-4,10,13,15,23H,5-9H2. The molecule has 10 heteroatoms. The summed E-state index contributed by atoms with van der Waals surface area (Å²) in [7, 11) is 0. The zero-order valence-electron chi connectivity index (χ0n) is 14.7. The van der Waals surface area contributed by atoms with Crippen LogP contribution in [0.2, 0.25) is 0 Å². The number of nitrogens with one attached hydrogen (secondary N) is 1. The van der Waals surface area contributed by atoms with Crippen LogP contribution < -0.4 is 5.32 Å². The maximum atomic E-state index is 13.7. The molecule has 0 saturated carbocycles. The van der Waals surface area contributed by atoms with Crippen LogP contribution in [0.5, 0.6) is 0 Å². The van der Waals surface area contributed by atoms with Crippen LogP contribution in [0.15, 0.2) is 30.3 Å². The van der Waals surface area contributed by atoms with Crippen molar-refractivity contribution in [3.8, 4) is 0 Å². The molecule has 1 N–H and O–H groups in total. The van der Waals surface area contributed by atoms with E-state index < -0.39 is 30.0 Å². The highest BCUT2D eigenvalue weighted by atomic mass is 19.4. The third kappa shape index (κ3) is 3.56. The first kappa shape index (κ1) is 18.7. The second kappa shape index (κ2) is 7.08. The molecule has 6 nitrogen and oxygen atoms in total. The number of benzene rings is 1. The van der Waals surface area contributed by atoms with Crippen molar-refractivity contribution in [1.29, 1.82) is 0 Å². The minimum atomic E-state index is -4.54. The quantitative estimate of drug-likeness (QED) is 0.790. The van der Waals surface area contributed by atoms with Crippen molar-refractivity contribution in [3.63, 3.8) is 0 Å². The number of aromatic nitrogens is 2. The average molecular weight is 398 g/mol. The molecule has 1 amide bonds. The number of nitrogens with zero attached hydrogens (tertiary/aromatic N) is 3. The fraction of sp³-hybridized carbons (Fsp3) is 0.444. The maximum absolute atomic E-state index is 13.7. The highest BCUT2D eigenvalue weighted by Crippen LogP contribution is 2.43. The molecule has 1 aromatic heterocycles. The Balaban J connectivity index is 1.65. The van der Waals surface area contributed by atoms with E-state index in [1.807, 2.05) is 0 Å². The van der Waals surface area contributed by atoms with Gasteiger partial charge >= 0.3 is 6.18 Å². The summed E-state index contributed by atoms with van der Waals surface area (Å²) >= 11 is 0. The van der Waals surface area contributed by atoms with Gasteiger partial charge < -0.3 is 15.0 Å². The number of amides is 1. The summed E-state index contributed by atoms with van der Waals surface area (Å²) in [4.78, 5) is 14.1. The van der Waals surface area contributed by atoms with Gasteiger partial charge in [-0.15, -0.1) is 0 Å². The van der Waals surface area contributed by atoms with Gasteiger partial charge in [-0.25, -0.2) is 9.07 Å². The molecule has 1 aromatic carbocycles. The molecule has 2 aromatic rings. The number of rotatable bonds is 2. The molecule has 2 unspecified atom stereocenters. The topological polar surface area (TPSA) is 59.4 Å². The number of fused-ring (bicyclic) bond motifs is 1. The second-order valence-corrected chi connectivity index (χ2v) is 6.81. The number of hydrogen-bond acceptors (Lipinski definition) is 4. The Bertz CT molecular complexity index is 859. The minimum Gasteiger partial charge on any atom is -0.378 e. The molecular weight excluding hydrogens is 380 g/mol. The van der Waals surface area contributed by atoms with Crippen molar-refractivity contribution >= 4 is 11.7 Å². The molecule has 28 heavy (non-hydrogen) atoms. The van der Waals surface area contributed by atoms with Crippen molar-refractivity contribution in [2.75, 3.05) is 31.6 Å². The summed E-state index contributed by atoms with van der Waals surface area (Å²) in [6.07, 6.45) is -4.85. The lowest BCUT2D eigenvalue weighted by molar-refractivity contribution is -0.173. The monoisotopic (exact) mass is 398 g/mol. The minimum absolute atomic E-state index is 0.0431. The van der Waals surface area contributed by atoms with Crippen LogP contribution in [-0.4, -0.2) is 53.1 Å². The zero-order valence-corrected chi connectivity index (χ0v) is 14.7. The number of carbonyl (C=O) groups excluding carboxylic acids is 1. The van der Waals surface area contributed by atoms with Crippen molar-refractivity contribution in [2.45, 2.75) is 24.7 Å². The number of halogens is 4. The largest absolute Gasteiger partial charge is 0.410 e. The van der Waals surface area contributed by atoms with Gasteiger partial charge in [0, 0.05) is 25.6 Å². The first-order valence-electron chi connectivity index (χ1n) is 8.88. The highest BCUT2D eigenvalue weighted by Gasteiger charge is 2.47. The molecule has 0 radical (unpaired) electrons. The molecule has 4 rings (SSSR count). The lowest BCUT2D eigenvalue weighted by Gasteiger charge is -2.33. The first-order valence-corrected chi connectivity index (χ1v) is 8.88. The SMILES string of the molecule is O=C(c1cc2n(n1)C(C(F)(F)F)CC(c1ccc(F)cc1)N2)N1CCOCC1. The fourth-order valence-electron chi connectivity index (χ4n) is 3.52. The predicted molar refractivity (Wildman–Crippen MR) is 91.4 cm³/mol.